The van der Waals surface area contributed by atoms with Crippen LogP contribution in [-0.2, 0) is 6.54 Å². The second-order valence-electron chi connectivity index (χ2n) is 4.21. The quantitative estimate of drug-likeness (QED) is 0.724. The first kappa shape index (κ1) is 11.8. The highest BCUT2D eigenvalue weighted by Gasteiger charge is 2.18. The highest BCUT2D eigenvalue weighted by atomic mass is 35.5. The van der Waals surface area contributed by atoms with Crippen LogP contribution in [0, 0.1) is 11.6 Å². The van der Waals surface area contributed by atoms with Crippen LogP contribution < -0.4 is 0 Å². The molecular formula is C12H14ClF2N. The highest BCUT2D eigenvalue weighted by molar-refractivity contribution is 6.20. The zero-order valence-electron chi connectivity index (χ0n) is 8.93. The van der Waals surface area contributed by atoms with E-state index in [9.17, 15) is 8.78 Å². The van der Waals surface area contributed by atoms with Gasteiger partial charge < -0.3 is 0 Å². The second kappa shape index (κ2) is 5.11. The van der Waals surface area contributed by atoms with Gasteiger partial charge in [-0.15, -0.1) is 11.6 Å². The summed E-state index contributed by atoms with van der Waals surface area (Å²) < 4.78 is 26.1. The maximum Gasteiger partial charge on any atom is 0.130 e. The minimum Gasteiger partial charge on any atom is -0.298 e. The van der Waals surface area contributed by atoms with Gasteiger partial charge in [0, 0.05) is 30.1 Å². The summed E-state index contributed by atoms with van der Waals surface area (Å²) in [6.07, 6.45) is 2.06. The molecule has 0 radical (unpaired) electrons. The summed E-state index contributed by atoms with van der Waals surface area (Å²) >= 11 is 6.05. The minimum absolute atomic E-state index is 0.150. The Morgan fingerprint density at radius 3 is 2.88 bits per heavy atom. The lowest BCUT2D eigenvalue weighted by Crippen LogP contribution is -2.35. The molecule has 16 heavy (non-hydrogen) atoms. The van der Waals surface area contributed by atoms with Gasteiger partial charge in [-0.2, -0.15) is 0 Å². The fourth-order valence-corrected chi connectivity index (χ4v) is 2.38. The molecule has 88 valence electrons. The molecule has 1 unspecified atom stereocenters. The Morgan fingerprint density at radius 2 is 2.19 bits per heavy atom. The minimum atomic E-state index is -0.532. The second-order valence-corrected chi connectivity index (χ2v) is 4.83. The summed E-state index contributed by atoms with van der Waals surface area (Å²) in [4.78, 5) is 2.11. The first-order chi connectivity index (χ1) is 7.65. The summed E-state index contributed by atoms with van der Waals surface area (Å²) in [7, 11) is 0. The van der Waals surface area contributed by atoms with Crippen molar-refractivity contribution in [2.75, 3.05) is 13.1 Å². The Morgan fingerprint density at radius 1 is 1.38 bits per heavy atom. The van der Waals surface area contributed by atoms with Crippen molar-refractivity contribution in [3.63, 3.8) is 0 Å². The van der Waals surface area contributed by atoms with Crippen molar-refractivity contribution in [1.29, 1.82) is 0 Å². The van der Waals surface area contributed by atoms with Crippen LogP contribution in [0.25, 0.3) is 0 Å². The van der Waals surface area contributed by atoms with Gasteiger partial charge in [0.2, 0.25) is 0 Å². The maximum atomic E-state index is 13.4. The van der Waals surface area contributed by atoms with Crippen molar-refractivity contribution < 1.29 is 8.78 Å². The van der Waals surface area contributed by atoms with Gasteiger partial charge in [0.15, 0.2) is 0 Å². The number of rotatable bonds is 2. The summed E-state index contributed by atoms with van der Waals surface area (Å²) in [6.45, 7) is 2.22. The first-order valence-corrected chi connectivity index (χ1v) is 5.89. The molecule has 0 aliphatic carbocycles. The van der Waals surface area contributed by atoms with Gasteiger partial charge in [-0.1, -0.05) is 6.07 Å². The Balaban J connectivity index is 2.02. The molecule has 0 amide bonds. The fourth-order valence-electron chi connectivity index (χ4n) is 2.03. The van der Waals surface area contributed by atoms with Gasteiger partial charge in [-0.25, -0.2) is 8.78 Å². The van der Waals surface area contributed by atoms with Crippen molar-refractivity contribution in [3.05, 3.63) is 35.4 Å². The summed E-state index contributed by atoms with van der Waals surface area (Å²) in [5.41, 5.74) is 0.534. The average molecular weight is 246 g/mol. The number of halogens is 3. The van der Waals surface area contributed by atoms with Crippen LogP contribution in [0.5, 0.6) is 0 Å². The molecule has 0 N–H and O–H groups in total. The lowest BCUT2D eigenvalue weighted by atomic mass is 10.1. The molecule has 4 heteroatoms. The topological polar surface area (TPSA) is 3.24 Å². The fraction of sp³-hybridized carbons (Fsp3) is 0.500. The number of likely N-dealkylation sites (tertiary alicyclic amines) is 1. The number of hydrogen-bond donors (Lipinski definition) is 0. The van der Waals surface area contributed by atoms with Crippen LogP contribution in [-0.4, -0.2) is 23.4 Å². The number of hydrogen-bond acceptors (Lipinski definition) is 1. The van der Waals surface area contributed by atoms with Crippen molar-refractivity contribution in [1.82, 2.24) is 4.90 Å². The third-order valence-corrected chi connectivity index (χ3v) is 3.21. The van der Waals surface area contributed by atoms with Gasteiger partial charge in [0.1, 0.15) is 11.6 Å². The van der Waals surface area contributed by atoms with E-state index in [1.54, 1.807) is 0 Å². The molecular weight excluding hydrogens is 232 g/mol. The molecule has 1 saturated heterocycles. The Hall–Kier alpha value is -0.670. The zero-order chi connectivity index (χ0) is 11.5. The molecule has 2 rings (SSSR count). The predicted octanol–water partition coefficient (Wildman–Crippen LogP) is 3.17. The largest absolute Gasteiger partial charge is 0.298 e. The number of piperidine rings is 1. The van der Waals surface area contributed by atoms with E-state index >= 15 is 0 Å². The Labute approximate surface area is 99.0 Å². The zero-order valence-corrected chi connectivity index (χ0v) is 9.68. The molecule has 1 fully saturated rings. The van der Waals surface area contributed by atoms with Crippen molar-refractivity contribution in [2.45, 2.75) is 24.8 Å². The Kier molecular flexibility index (Phi) is 3.77. The molecule has 1 aliphatic heterocycles. The van der Waals surface area contributed by atoms with E-state index in [1.165, 1.54) is 12.1 Å². The first-order valence-electron chi connectivity index (χ1n) is 5.45. The molecule has 1 atom stereocenters. The molecule has 1 aromatic carbocycles. The van der Waals surface area contributed by atoms with Crippen molar-refractivity contribution in [3.8, 4) is 0 Å². The Bertz CT molecular complexity index is 370. The average Bonchev–Trinajstić information content (AvgIpc) is 2.22. The lowest BCUT2D eigenvalue weighted by molar-refractivity contribution is 0.221. The van der Waals surface area contributed by atoms with E-state index in [0.717, 1.165) is 32.0 Å². The monoisotopic (exact) mass is 245 g/mol. The molecule has 0 spiro atoms. The molecule has 1 aromatic rings. The van der Waals surface area contributed by atoms with Gasteiger partial charge >= 0.3 is 0 Å². The standard InChI is InChI=1S/C12H14ClF2N/c13-10-2-1-5-16(8-10)7-9-3-4-11(14)6-12(9)15/h3-4,6,10H,1-2,5,7-8H2. The summed E-state index contributed by atoms with van der Waals surface area (Å²) in [5, 5.41) is 0.150. The van der Waals surface area contributed by atoms with E-state index in [0.29, 0.717) is 12.1 Å². The molecule has 0 aromatic heterocycles. The molecule has 0 bridgehead atoms. The summed E-state index contributed by atoms with van der Waals surface area (Å²) in [5.74, 6) is -1.01. The predicted molar refractivity (Wildman–Crippen MR) is 60.5 cm³/mol. The van der Waals surface area contributed by atoms with E-state index < -0.39 is 11.6 Å². The normalized spacial score (nSPS) is 22.3. The number of alkyl halides is 1. The van der Waals surface area contributed by atoms with Gasteiger partial charge in [-0.3, -0.25) is 4.90 Å². The van der Waals surface area contributed by atoms with Crippen LogP contribution in [0.2, 0.25) is 0 Å². The molecule has 1 nitrogen and oxygen atoms in total. The summed E-state index contributed by atoms with van der Waals surface area (Å²) in [6, 6.07) is 3.72. The molecule has 1 heterocycles. The molecule has 1 aliphatic rings. The van der Waals surface area contributed by atoms with Crippen LogP contribution in [0.3, 0.4) is 0 Å². The SMILES string of the molecule is Fc1ccc(CN2CCCC(Cl)C2)c(F)c1. The maximum absolute atomic E-state index is 13.4. The highest BCUT2D eigenvalue weighted by Crippen LogP contribution is 2.19. The van der Waals surface area contributed by atoms with E-state index in [-0.39, 0.29) is 5.38 Å². The lowest BCUT2D eigenvalue weighted by Gasteiger charge is -2.29. The third kappa shape index (κ3) is 2.92. The van der Waals surface area contributed by atoms with Gasteiger partial charge in [-0.05, 0) is 25.5 Å². The van der Waals surface area contributed by atoms with E-state index in [2.05, 4.69) is 4.90 Å². The smallest absolute Gasteiger partial charge is 0.130 e. The number of nitrogens with zero attached hydrogens (tertiary/aromatic N) is 1. The van der Waals surface area contributed by atoms with Crippen molar-refractivity contribution in [2.24, 2.45) is 0 Å². The van der Waals surface area contributed by atoms with Crippen molar-refractivity contribution >= 4 is 11.6 Å². The van der Waals surface area contributed by atoms with Crippen LogP contribution in [0.4, 0.5) is 8.78 Å². The van der Waals surface area contributed by atoms with Crippen LogP contribution in [0.1, 0.15) is 18.4 Å². The van der Waals surface area contributed by atoms with Gasteiger partial charge in [0.05, 0.1) is 0 Å². The van der Waals surface area contributed by atoms with Crippen LogP contribution in [0.15, 0.2) is 18.2 Å². The molecule has 0 saturated carbocycles. The van der Waals surface area contributed by atoms with Gasteiger partial charge in [0.25, 0.3) is 0 Å². The van der Waals surface area contributed by atoms with E-state index in [4.69, 9.17) is 11.6 Å². The third-order valence-electron chi connectivity index (χ3n) is 2.86. The van der Waals surface area contributed by atoms with Crippen LogP contribution >= 0.6 is 11.6 Å². The van der Waals surface area contributed by atoms with E-state index in [1.807, 2.05) is 0 Å². The number of benzene rings is 1.